The normalized spacial score (nSPS) is 14.2. The highest BCUT2D eigenvalue weighted by Crippen LogP contribution is 2.61. The van der Waals surface area contributed by atoms with Gasteiger partial charge in [-0.3, -0.25) is 9.36 Å². The van der Waals surface area contributed by atoms with Gasteiger partial charge in [0, 0.05) is 26.9 Å². The topological polar surface area (TPSA) is 38.4 Å². The quantitative estimate of drug-likeness (QED) is 0.183. The van der Waals surface area contributed by atoms with Gasteiger partial charge in [-0.2, -0.15) is 11.3 Å². The zero-order valence-corrected chi connectivity index (χ0v) is 25.8. The van der Waals surface area contributed by atoms with Gasteiger partial charge in [0.25, 0.3) is 5.56 Å². The van der Waals surface area contributed by atoms with Crippen LogP contribution in [-0.4, -0.2) is 4.57 Å². The third kappa shape index (κ3) is 2.96. The molecule has 0 saturated heterocycles. The number of thiophene rings is 1. The summed E-state index contributed by atoms with van der Waals surface area (Å²) in [6, 6.07) is 47.2. The molecule has 0 saturated carbocycles. The summed E-state index contributed by atoms with van der Waals surface area (Å²) in [5.74, 6) is 0. The van der Waals surface area contributed by atoms with Gasteiger partial charge in [-0.05, 0) is 58.0 Å². The molecule has 3 aromatic heterocycles. The minimum atomic E-state index is -0.683. The van der Waals surface area contributed by atoms with Crippen LogP contribution in [0.1, 0.15) is 22.3 Å². The molecule has 0 aliphatic carbocycles. The second kappa shape index (κ2) is 8.87. The van der Waals surface area contributed by atoms with Crippen LogP contribution in [0.5, 0.6) is 0 Å². The second-order valence-electron chi connectivity index (χ2n) is 12.4. The molecular weight excluding hydrogens is 597 g/mol. The molecule has 0 fully saturated rings. The Morgan fingerprint density at radius 3 is 1.83 bits per heavy atom. The van der Waals surface area contributed by atoms with Crippen LogP contribution < -0.4 is 10.5 Å². The highest BCUT2D eigenvalue weighted by Gasteiger charge is 2.51. The number of furan rings is 1. The van der Waals surface area contributed by atoms with E-state index in [9.17, 15) is 4.79 Å². The molecule has 0 N–H and O–H groups in total. The Bertz CT molecular complexity index is 2810. The Morgan fingerprint density at radius 1 is 0.489 bits per heavy atom. The van der Waals surface area contributed by atoms with E-state index in [1.165, 1.54) is 0 Å². The van der Waals surface area contributed by atoms with Crippen molar-refractivity contribution in [3.05, 3.63) is 177 Å². The molecule has 0 amide bonds. The molecule has 0 unspecified atom stereocenters. The van der Waals surface area contributed by atoms with E-state index in [2.05, 4.69) is 126 Å². The first kappa shape index (κ1) is 25.3. The summed E-state index contributed by atoms with van der Waals surface area (Å²) in [6.45, 7) is 0. The maximum absolute atomic E-state index is 14.3. The predicted octanol–water partition coefficient (Wildman–Crippen LogP) is 10.6. The number of anilines is 3. The first-order chi connectivity index (χ1) is 23.3. The van der Waals surface area contributed by atoms with E-state index in [-0.39, 0.29) is 5.56 Å². The molecule has 2 aliphatic heterocycles. The van der Waals surface area contributed by atoms with Crippen LogP contribution in [0.4, 0.5) is 17.1 Å². The average molecular weight is 621 g/mol. The fourth-order valence-corrected chi connectivity index (χ4v) is 9.37. The molecule has 5 heterocycles. The van der Waals surface area contributed by atoms with Gasteiger partial charge in [-0.1, -0.05) is 103 Å². The fourth-order valence-electron chi connectivity index (χ4n) is 8.55. The summed E-state index contributed by atoms with van der Waals surface area (Å²) in [4.78, 5) is 16.7. The van der Waals surface area contributed by atoms with Crippen molar-refractivity contribution in [3.63, 3.8) is 0 Å². The molecule has 220 valence electrons. The van der Waals surface area contributed by atoms with Crippen molar-refractivity contribution in [1.29, 1.82) is 0 Å². The third-order valence-electron chi connectivity index (χ3n) is 10.3. The van der Waals surface area contributed by atoms with Gasteiger partial charge < -0.3 is 9.32 Å². The minimum absolute atomic E-state index is 0.0269. The smallest absolute Gasteiger partial charge is 0.264 e. The molecule has 1 spiro atoms. The van der Waals surface area contributed by atoms with Crippen molar-refractivity contribution in [2.75, 3.05) is 4.90 Å². The highest BCUT2D eigenvalue weighted by atomic mass is 32.1. The lowest BCUT2D eigenvalue weighted by Crippen LogP contribution is -2.42. The Hall–Kier alpha value is -5.91. The summed E-state index contributed by atoms with van der Waals surface area (Å²) in [6.07, 6.45) is 0. The summed E-state index contributed by atoms with van der Waals surface area (Å²) in [5.41, 5.74) is 10.7. The maximum atomic E-state index is 14.3. The van der Waals surface area contributed by atoms with E-state index < -0.39 is 5.41 Å². The number of benzene rings is 6. The standard InChI is InChI=1S/C42H24N2O2S/c45-41-29-24-47-23-28(29)26-12-9-17-33-39(26)44(41)36-20-7-4-16-32(36)42(33)30-14-2-5-18-34(30)43(35-19-6-3-15-31(35)42)37-21-10-13-27-25-11-1-8-22-38(25)46-40(27)37/h1-24H. The number of aromatic nitrogens is 1. The third-order valence-corrected chi connectivity index (χ3v) is 11.1. The first-order valence-corrected chi connectivity index (χ1v) is 16.7. The number of para-hydroxylation sites is 6. The number of hydrogen-bond acceptors (Lipinski definition) is 4. The van der Waals surface area contributed by atoms with Crippen LogP contribution in [0.3, 0.4) is 0 Å². The summed E-state index contributed by atoms with van der Waals surface area (Å²) >= 11 is 1.58. The monoisotopic (exact) mass is 620 g/mol. The largest absolute Gasteiger partial charge is 0.454 e. The molecule has 0 bridgehead atoms. The SMILES string of the molecule is O=c1c2cscc2c2cccc3c2n1-c1ccccc1C31c2ccccc2N(c2cccc3c2oc2ccccc23)c2ccccc21. The maximum Gasteiger partial charge on any atom is 0.264 e. The molecule has 4 nitrogen and oxygen atoms in total. The van der Waals surface area contributed by atoms with Crippen molar-refractivity contribution in [2.24, 2.45) is 0 Å². The zero-order valence-electron chi connectivity index (χ0n) is 25.0. The van der Waals surface area contributed by atoms with Crippen molar-refractivity contribution in [3.8, 4) is 5.69 Å². The Labute approximate surface area is 273 Å². The number of hydrogen-bond donors (Lipinski definition) is 0. The number of fused-ring (bicyclic) bond motifs is 13. The molecule has 9 aromatic rings. The lowest BCUT2D eigenvalue weighted by Gasteiger charge is -2.48. The van der Waals surface area contributed by atoms with E-state index in [1.54, 1.807) is 11.3 Å². The fraction of sp³-hybridized carbons (Fsp3) is 0.0238. The minimum Gasteiger partial charge on any atom is -0.454 e. The van der Waals surface area contributed by atoms with Gasteiger partial charge in [0.05, 0.1) is 39.1 Å². The molecule has 6 aromatic carbocycles. The lowest BCUT2D eigenvalue weighted by molar-refractivity contribution is 0.667. The molecule has 5 heteroatoms. The zero-order chi connectivity index (χ0) is 30.9. The van der Waals surface area contributed by atoms with E-state index in [0.717, 1.165) is 88.6 Å². The second-order valence-corrected chi connectivity index (χ2v) is 13.2. The summed E-state index contributed by atoms with van der Waals surface area (Å²) < 4.78 is 8.59. The van der Waals surface area contributed by atoms with E-state index >= 15 is 0 Å². The van der Waals surface area contributed by atoms with E-state index in [0.29, 0.717) is 0 Å². The van der Waals surface area contributed by atoms with Crippen LogP contribution >= 0.6 is 11.3 Å². The summed E-state index contributed by atoms with van der Waals surface area (Å²) in [5, 5.41) is 9.17. The van der Waals surface area contributed by atoms with Gasteiger partial charge in [0.1, 0.15) is 5.58 Å². The van der Waals surface area contributed by atoms with E-state index in [1.807, 2.05) is 28.1 Å². The van der Waals surface area contributed by atoms with Gasteiger partial charge >= 0.3 is 0 Å². The lowest BCUT2D eigenvalue weighted by atomic mass is 9.60. The molecular formula is C42H24N2O2S. The molecule has 2 aliphatic rings. The van der Waals surface area contributed by atoms with Gasteiger partial charge in [0.2, 0.25) is 0 Å². The Balaban J connectivity index is 1.33. The van der Waals surface area contributed by atoms with Crippen LogP contribution in [0.2, 0.25) is 0 Å². The van der Waals surface area contributed by atoms with Crippen molar-refractivity contribution in [2.45, 2.75) is 5.41 Å². The first-order valence-electron chi connectivity index (χ1n) is 15.8. The molecule has 0 atom stereocenters. The van der Waals surface area contributed by atoms with Crippen molar-refractivity contribution < 1.29 is 4.42 Å². The van der Waals surface area contributed by atoms with Crippen LogP contribution in [0.15, 0.2) is 153 Å². The van der Waals surface area contributed by atoms with Crippen molar-refractivity contribution in [1.82, 2.24) is 4.57 Å². The van der Waals surface area contributed by atoms with Crippen LogP contribution in [0, 0.1) is 0 Å². The predicted molar refractivity (Wildman–Crippen MR) is 192 cm³/mol. The van der Waals surface area contributed by atoms with Crippen LogP contribution in [0.25, 0.3) is 49.3 Å². The summed E-state index contributed by atoms with van der Waals surface area (Å²) in [7, 11) is 0. The van der Waals surface area contributed by atoms with E-state index in [4.69, 9.17) is 4.42 Å². The Kier molecular flexibility index (Phi) is 4.78. The number of nitrogens with zero attached hydrogens (tertiary/aromatic N) is 2. The highest BCUT2D eigenvalue weighted by molar-refractivity contribution is 7.09. The van der Waals surface area contributed by atoms with Gasteiger partial charge in [-0.15, -0.1) is 0 Å². The van der Waals surface area contributed by atoms with Gasteiger partial charge in [-0.25, -0.2) is 0 Å². The number of pyridine rings is 1. The molecule has 47 heavy (non-hydrogen) atoms. The Morgan fingerprint density at radius 2 is 1.04 bits per heavy atom. The number of rotatable bonds is 1. The van der Waals surface area contributed by atoms with Crippen LogP contribution in [-0.2, 0) is 5.41 Å². The van der Waals surface area contributed by atoms with Crippen molar-refractivity contribution >= 4 is 72.0 Å². The molecule has 11 rings (SSSR count). The average Bonchev–Trinajstić information content (AvgIpc) is 3.77. The van der Waals surface area contributed by atoms with Gasteiger partial charge in [0.15, 0.2) is 5.58 Å². The molecule has 0 radical (unpaired) electrons.